The SMILES string of the molecule is Cc1ccc(-n2cnnn2)cc1NC(=O)C(C)CN. The Kier molecular flexibility index (Phi) is 3.86. The van der Waals surface area contributed by atoms with Crippen molar-refractivity contribution in [2.75, 3.05) is 11.9 Å². The van der Waals surface area contributed by atoms with Crippen LogP contribution < -0.4 is 11.1 Å². The van der Waals surface area contributed by atoms with Gasteiger partial charge in [-0.05, 0) is 35.0 Å². The van der Waals surface area contributed by atoms with E-state index >= 15 is 0 Å². The van der Waals surface area contributed by atoms with E-state index in [0.29, 0.717) is 6.54 Å². The Morgan fingerprint density at radius 3 is 2.95 bits per heavy atom. The molecule has 0 saturated carbocycles. The van der Waals surface area contributed by atoms with E-state index in [4.69, 9.17) is 5.73 Å². The molecule has 1 aromatic heterocycles. The van der Waals surface area contributed by atoms with Gasteiger partial charge in [0.05, 0.1) is 5.69 Å². The van der Waals surface area contributed by atoms with Crippen LogP contribution >= 0.6 is 0 Å². The fourth-order valence-electron chi connectivity index (χ4n) is 1.53. The maximum absolute atomic E-state index is 11.9. The topological polar surface area (TPSA) is 98.7 Å². The van der Waals surface area contributed by atoms with Gasteiger partial charge >= 0.3 is 0 Å². The highest BCUT2D eigenvalue weighted by Gasteiger charge is 2.12. The van der Waals surface area contributed by atoms with E-state index < -0.39 is 0 Å². The molecule has 7 heteroatoms. The van der Waals surface area contributed by atoms with Crippen molar-refractivity contribution < 1.29 is 4.79 Å². The first-order valence-electron chi connectivity index (χ1n) is 5.96. The van der Waals surface area contributed by atoms with Crippen LogP contribution in [0.1, 0.15) is 12.5 Å². The van der Waals surface area contributed by atoms with Crippen LogP contribution in [0.3, 0.4) is 0 Å². The lowest BCUT2D eigenvalue weighted by Crippen LogP contribution is -2.27. The number of anilines is 1. The van der Waals surface area contributed by atoms with Gasteiger partial charge in [-0.15, -0.1) is 5.10 Å². The van der Waals surface area contributed by atoms with Gasteiger partial charge in [0.15, 0.2) is 0 Å². The van der Waals surface area contributed by atoms with Crippen molar-refractivity contribution >= 4 is 11.6 Å². The molecule has 100 valence electrons. The largest absolute Gasteiger partial charge is 0.330 e. The number of benzene rings is 1. The molecule has 2 rings (SSSR count). The molecule has 2 aromatic rings. The summed E-state index contributed by atoms with van der Waals surface area (Å²) in [4.78, 5) is 11.9. The number of hydrogen-bond acceptors (Lipinski definition) is 5. The van der Waals surface area contributed by atoms with Gasteiger partial charge in [0.1, 0.15) is 6.33 Å². The Morgan fingerprint density at radius 2 is 2.32 bits per heavy atom. The van der Waals surface area contributed by atoms with Crippen molar-refractivity contribution in [1.82, 2.24) is 20.2 Å². The molecule has 3 N–H and O–H groups in total. The standard InChI is InChI=1S/C12H16N6O/c1-8-3-4-10(18-7-14-16-17-18)5-11(8)15-12(19)9(2)6-13/h3-5,7,9H,6,13H2,1-2H3,(H,15,19). The minimum absolute atomic E-state index is 0.0977. The Morgan fingerprint density at radius 1 is 1.53 bits per heavy atom. The van der Waals surface area contributed by atoms with E-state index in [0.717, 1.165) is 16.9 Å². The van der Waals surface area contributed by atoms with Crippen molar-refractivity contribution in [3.63, 3.8) is 0 Å². The Hall–Kier alpha value is -2.28. The lowest BCUT2D eigenvalue weighted by atomic mass is 10.1. The summed E-state index contributed by atoms with van der Waals surface area (Å²) in [5, 5.41) is 13.8. The quantitative estimate of drug-likeness (QED) is 0.834. The number of nitrogens with one attached hydrogen (secondary N) is 1. The van der Waals surface area contributed by atoms with Crippen LogP contribution in [0.5, 0.6) is 0 Å². The number of hydrogen-bond donors (Lipinski definition) is 2. The number of nitrogens with zero attached hydrogens (tertiary/aromatic N) is 4. The minimum atomic E-state index is -0.226. The summed E-state index contributed by atoms with van der Waals surface area (Å²) in [5.41, 5.74) is 7.97. The molecule has 0 radical (unpaired) electrons. The van der Waals surface area contributed by atoms with Crippen molar-refractivity contribution in [2.45, 2.75) is 13.8 Å². The molecule has 0 aliphatic heterocycles. The molecular formula is C12H16N6O. The molecule has 0 spiro atoms. The van der Waals surface area contributed by atoms with Gasteiger partial charge in [0.2, 0.25) is 5.91 Å². The number of aryl methyl sites for hydroxylation is 1. The smallest absolute Gasteiger partial charge is 0.228 e. The fraction of sp³-hybridized carbons (Fsp3) is 0.333. The van der Waals surface area contributed by atoms with Gasteiger partial charge in [-0.3, -0.25) is 4.79 Å². The third-order valence-corrected chi connectivity index (χ3v) is 2.89. The first kappa shape index (κ1) is 13.2. The highest BCUT2D eigenvalue weighted by molar-refractivity contribution is 5.93. The number of amides is 1. The van der Waals surface area contributed by atoms with Gasteiger partial charge in [-0.25, -0.2) is 4.68 Å². The van der Waals surface area contributed by atoms with Crippen LogP contribution in [0, 0.1) is 12.8 Å². The van der Waals surface area contributed by atoms with Crippen molar-refractivity contribution in [3.8, 4) is 5.69 Å². The molecule has 1 heterocycles. The number of carbonyl (C=O) groups excluding carboxylic acids is 1. The molecule has 1 amide bonds. The number of nitrogens with two attached hydrogens (primary N) is 1. The molecule has 0 aliphatic carbocycles. The van der Waals surface area contributed by atoms with E-state index in [9.17, 15) is 4.79 Å². The first-order valence-corrected chi connectivity index (χ1v) is 5.96. The van der Waals surface area contributed by atoms with E-state index in [1.54, 1.807) is 6.92 Å². The maximum atomic E-state index is 11.9. The van der Waals surface area contributed by atoms with E-state index in [-0.39, 0.29) is 11.8 Å². The summed E-state index contributed by atoms with van der Waals surface area (Å²) in [5.74, 6) is -0.324. The lowest BCUT2D eigenvalue weighted by molar-refractivity contribution is -0.119. The molecule has 7 nitrogen and oxygen atoms in total. The van der Waals surface area contributed by atoms with Crippen LogP contribution in [0.4, 0.5) is 5.69 Å². The van der Waals surface area contributed by atoms with Crippen LogP contribution in [0.2, 0.25) is 0 Å². The van der Waals surface area contributed by atoms with Crippen molar-refractivity contribution in [2.24, 2.45) is 11.7 Å². The molecular weight excluding hydrogens is 244 g/mol. The normalized spacial score (nSPS) is 12.2. The molecule has 1 aromatic carbocycles. The van der Waals surface area contributed by atoms with Crippen LogP contribution in [-0.4, -0.2) is 32.7 Å². The molecule has 0 saturated heterocycles. The minimum Gasteiger partial charge on any atom is -0.330 e. The molecule has 0 fully saturated rings. The van der Waals surface area contributed by atoms with Gasteiger partial charge < -0.3 is 11.1 Å². The van der Waals surface area contributed by atoms with Gasteiger partial charge in [-0.1, -0.05) is 13.0 Å². The predicted molar refractivity (Wildman–Crippen MR) is 70.7 cm³/mol. The second-order valence-electron chi connectivity index (χ2n) is 4.38. The van der Waals surface area contributed by atoms with Gasteiger partial charge in [-0.2, -0.15) is 0 Å². The Bertz CT molecular complexity index is 566. The summed E-state index contributed by atoms with van der Waals surface area (Å²) in [7, 11) is 0. The number of rotatable bonds is 4. The third kappa shape index (κ3) is 2.94. The summed E-state index contributed by atoms with van der Waals surface area (Å²) in [6.07, 6.45) is 1.50. The number of carbonyl (C=O) groups is 1. The predicted octanol–water partition coefficient (Wildman–Crippen LogP) is 0.504. The van der Waals surface area contributed by atoms with Gasteiger partial charge in [0.25, 0.3) is 0 Å². The zero-order valence-corrected chi connectivity index (χ0v) is 10.9. The highest BCUT2D eigenvalue weighted by atomic mass is 16.1. The molecule has 1 unspecified atom stereocenters. The fourth-order valence-corrected chi connectivity index (χ4v) is 1.53. The van der Waals surface area contributed by atoms with Crippen LogP contribution in [0.15, 0.2) is 24.5 Å². The van der Waals surface area contributed by atoms with Crippen molar-refractivity contribution in [1.29, 1.82) is 0 Å². The molecule has 1 atom stereocenters. The molecule has 19 heavy (non-hydrogen) atoms. The Balaban J connectivity index is 2.25. The average Bonchev–Trinajstić information content (AvgIpc) is 2.94. The van der Waals surface area contributed by atoms with Crippen LogP contribution in [-0.2, 0) is 4.79 Å². The van der Waals surface area contributed by atoms with Crippen molar-refractivity contribution in [3.05, 3.63) is 30.1 Å². The summed E-state index contributed by atoms with van der Waals surface area (Å²) < 4.78 is 1.53. The third-order valence-electron chi connectivity index (χ3n) is 2.89. The second-order valence-corrected chi connectivity index (χ2v) is 4.38. The zero-order valence-electron chi connectivity index (χ0n) is 10.9. The monoisotopic (exact) mass is 260 g/mol. The number of tetrazole rings is 1. The maximum Gasteiger partial charge on any atom is 0.228 e. The average molecular weight is 260 g/mol. The number of aromatic nitrogens is 4. The second kappa shape index (κ2) is 5.57. The lowest BCUT2D eigenvalue weighted by Gasteiger charge is -2.13. The Labute approximate surface area is 110 Å². The zero-order chi connectivity index (χ0) is 13.8. The van der Waals surface area contributed by atoms with Gasteiger partial charge in [0, 0.05) is 18.2 Å². The first-order chi connectivity index (χ1) is 9.11. The van der Waals surface area contributed by atoms with E-state index in [1.165, 1.54) is 11.0 Å². The molecule has 0 aliphatic rings. The summed E-state index contributed by atoms with van der Waals surface area (Å²) in [6.45, 7) is 4.03. The summed E-state index contributed by atoms with van der Waals surface area (Å²) >= 11 is 0. The van der Waals surface area contributed by atoms with E-state index in [1.807, 2.05) is 25.1 Å². The summed E-state index contributed by atoms with van der Waals surface area (Å²) in [6, 6.07) is 5.61. The highest BCUT2D eigenvalue weighted by Crippen LogP contribution is 2.19. The molecule has 0 bridgehead atoms. The van der Waals surface area contributed by atoms with Crippen LogP contribution in [0.25, 0.3) is 5.69 Å². The van der Waals surface area contributed by atoms with E-state index in [2.05, 4.69) is 20.8 Å².